The summed E-state index contributed by atoms with van der Waals surface area (Å²) in [6.45, 7) is 0. The van der Waals surface area contributed by atoms with Crippen LogP contribution in [-0.2, 0) is 0 Å². The van der Waals surface area contributed by atoms with Gasteiger partial charge in [-0.3, -0.25) is 0 Å². The third-order valence-electron chi connectivity index (χ3n) is 16.6. The van der Waals surface area contributed by atoms with E-state index >= 15 is 0 Å². The van der Waals surface area contributed by atoms with Crippen LogP contribution in [-0.4, -0.2) is 9.13 Å². The number of fused-ring (bicyclic) bond motifs is 18. The molecule has 8 heteroatoms. The maximum atomic E-state index is 6.27. The van der Waals surface area contributed by atoms with Gasteiger partial charge in [-0.15, -0.1) is 34.0 Å². The topological polar surface area (TPSA) is 23.0 Å². The fourth-order valence-corrected chi connectivity index (χ4v) is 17.8. The highest BCUT2D eigenvalue weighted by Crippen LogP contribution is 2.48. The van der Waals surface area contributed by atoms with E-state index in [1.807, 2.05) is 46.1 Å². The molecular weight excluding hydrogens is 1160 g/mol. The van der Waals surface area contributed by atoms with Crippen molar-refractivity contribution in [2.75, 3.05) is 0 Å². The number of hydrogen-bond donors (Lipinski definition) is 0. The zero-order valence-electron chi connectivity index (χ0n) is 42.2. The Kier molecular flexibility index (Phi) is 9.72. The first kappa shape index (κ1) is 45.5. The van der Waals surface area contributed by atoms with E-state index in [-0.39, 0.29) is 0 Å². The van der Waals surface area contributed by atoms with Crippen molar-refractivity contribution >= 4 is 192 Å². The molecule has 3 nitrogen and oxygen atoms in total. The van der Waals surface area contributed by atoms with Crippen LogP contribution in [0.4, 0.5) is 0 Å². The number of benzene rings is 12. The lowest BCUT2D eigenvalue weighted by atomic mass is 10.00. The molecule has 0 saturated carbocycles. The highest BCUT2D eigenvalue weighted by molar-refractivity contribution is 9.11. The van der Waals surface area contributed by atoms with E-state index in [1.54, 1.807) is 0 Å². The lowest BCUT2D eigenvalue weighted by molar-refractivity contribution is 0.669. The summed E-state index contributed by atoms with van der Waals surface area (Å²) >= 11 is 13.3. The van der Waals surface area contributed by atoms with Crippen LogP contribution < -0.4 is 0 Å². The Balaban J connectivity index is 0.795. The van der Waals surface area contributed by atoms with Crippen LogP contribution in [0.5, 0.6) is 0 Å². The first-order valence-corrected chi connectivity index (χ1v) is 30.7. The summed E-state index contributed by atoms with van der Waals surface area (Å²) in [5.41, 5.74) is 16.0. The van der Waals surface area contributed by atoms with Gasteiger partial charge in [0.25, 0.3) is 0 Å². The molecule has 0 aliphatic heterocycles. The second kappa shape index (κ2) is 17.1. The third kappa shape index (κ3) is 6.62. The minimum atomic E-state index is 0.883. The quantitative estimate of drug-likeness (QED) is 0.168. The van der Waals surface area contributed by atoms with Crippen molar-refractivity contribution in [2.45, 2.75) is 0 Å². The molecule has 0 bridgehead atoms. The Bertz CT molecular complexity index is 5710. The number of rotatable bonds is 5. The Hall–Kier alpha value is -8.34. The van der Waals surface area contributed by atoms with Gasteiger partial charge in [-0.1, -0.05) is 141 Å². The van der Waals surface area contributed by atoms with E-state index in [1.165, 1.54) is 126 Å². The summed E-state index contributed by atoms with van der Waals surface area (Å²) in [7, 11) is 0. The molecule has 0 aliphatic carbocycles. The second-order valence-electron chi connectivity index (χ2n) is 21.0. The number of para-hydroxylation sites is 1. The lowest BCUT2D eigenvalue weighted by Gasteiger charge is -2.11. The molecule has 0 N–H and O–H groups in total. The normalized spacial score (nSPS) is 12.4. The SMILES string of the molecule is Brc1cccc2oc3ccc(-c4ccc5c6cc7sc8c(-c9cccc(-n%10c%11ccc(-c%12ccc%13sc%14cccc(Br)c%14c%13c%12)cc%11c%11cc%12c(cc%11%10)sc%10ccccc%10%12)c9)cccc8c7cc6n(-c6ccccc6)c5c4)cc3c12. The van der Waals surface area contributed by atoms with Gasteiger partial charge >= 0.3 is 0 Å². The molecule has 80 heavy (non-hydrogen) atoms. The minimum absolute atomic E-state index is 0.883. The molecule has 0 spiro atoms. The zero-order valence-corrected chi connectivity index (χ0v) is 47.8. The number of furan rings is 1. The molecule has 0 radical (unpaired) electrons. The number of thiophene rings is 3. The Morgan fingerprint density at radius 2 is 0.900 bits per heavy atom. The smallest absolute Gasteiger partial charge is 0.136 e. The van der Waals surface area contributed by atoms with Gasteiger partial charge < -0.3 is 13.6 Å². The van der Waals surface area contributed by atoms with Gasteiger partial charge in [0, 0.05) is 113 Å². The number of halogens is 2. The molecule has 18 rings (SSSR count). The summed E-state index contributed by atoms with van der Waals surface area (Å²) in [5, 5.41) is 14.9. The molecule has 0 atom stereocenters. The molecule has 0 saturated heterocycles. The fourth-order valence-electron chi connectivity index (χ4n) is 13.0. The third-order valence-corrected chi connectivity index (χ3v) is 21.4. The van der Waals surface area contributed by atoms with E-state index in [4.69, 9.17) is 4.42 Å². The number of nitrogens with zero attached hydrogens (tertiary/aromatic N) is 2. The summed E-state index contributed by atoms with van der Waals surface area (Å²) in [6, 6.07) is 85.8. The molecule has 18 aromatic rings. The predicted molar refractivity (Wildman–Crippen MR) is 353 cm³/mol. The van der Waals surface area contributed by atoms with E-state index in [2.05, 4.69) is 259 Å². The molecule has 0 aliphatic rings. The van der Waals surface area contributed by atoms with Crippen LogP contribution in [0.2, 0.25) is 0 Å². The van der Waals surface area contributed by atoms with Crippen LogP contribution in [0, 0.1) is 0 Å². The van der Waals surface area contributed by atoms with Crippen molar-refractivity contribution in [2.24, 2.45) is 0 Å². The lowest BCUT2D eigenvalue weighted by Crippen LogP contribution is -1.94. The number of aromatic nitrogens is 2. The summed E-state index contributed by atoms with van der Waals surface area (Å²) in [6.07, 6.45) is 0. The minimum Gasteiger partial charge on any atom is -0.456 e. The molecule has 12 aromatic carbocycles. The van der Waals surface area contributed by atoms with Gasteiger partial charge in [-0.05, 0) is 155 Å². The van der Waals surface area contributed by atoms with Crippen molar-refractivity contribution in [1.82, 2.24) is 9.13 Å². The molecule has 0 unspecified atom stereocenters. The van der Waals surface area contributed by atoms with Crippen LogP contribution in [0.3, 0.4) is 0 Å². The van der Waals surface area contributed by atoms with Crippen molar-refractivity contribution in [3.63, 3.8) is 0 Å². The van der Waals surface area contributed by atoms with Crippen LogP contribution >= 0.6 is 65.9 Å². The maximum absolute atomic E-state index is 6.27. The average molecular weight is 1200 g/mol. The fraction of sp³-hybridized carbons (Fsp3) is 0. The summed E-state index contributed by atoms with van der Waals surface area (Å²) in [4.78, 5) is 0. The monoisotopic (exact) mass is 1200 g/mol. The first-order valence-electron chi connectivity index (χ1n) is 26.7. The summed E-state index contributed by atoms with van der Waals surface area (Å²) in [5.74, 6) is 0. The predicted octanol–water partition coefficient (Wildman–Crippen LogP) is 23.4. The Morgan fingerprint density at radius 3 is 1.81 bits per heavy atom. The number of hydrogen-bond acceptors (Lipinski definition) is 4. The van der Waals surface area contributed by atoms with Crippen molar-refractivity contribution in [3.8, 4) is 44.8 Å². The van der Waals surface area contributed by atoms with E-state index < -0.39 is 0 Å². The van der Waals surface area contributed by atoms with Crippen molar-refractivity contribution < 1.29 is 4.42 Å². The van der Waals surface area contributed by atoms with Gasteiger partial charge in [0.1, 0.15) is 11.2 Å². The van der Waals surface area contributed by atoms with E-state index in [0.29, 0.717) is 0 Å². The van der Waals surface area contributed by atoms with Crippen LogP contribution in [0.1, 0.15) is 0 Å². The average Bonchev–Trinajstić information content (AvgIpc) is 4.54. The molecule has 0 fully saturated rings. The van der Waals surface area contributed by atoms with Gasteiger partial charge in [0.15, 0.2) is 0 Å². The maximum Gasteiger partial charge on any atom is 0.136 e. The standard InChI is InChI=1S/C72H38Br2N2OS3/c73-57-17-8-19-64-70(57)55-32-40(24-28-63(55)77-64)42-22-26-47-52-37-68-54(36-61(52)75(60(47)34-42)44-11-2-1-3-12-44)49-16-7-15-46(72(49)80-68)43-10-6-13-45(30-43)76-59-27-23-39(41-25-29-66-56(33-41)71-58(74)18-9-21-67(71)78-66)31-50(59)51-35-53-48-14-4-5-20-65(48)79-69(53)38-62(51)76/h1-38H. The largest absolute Gasteiger partial charge is 0.456 e. The molecule has 6 aromatic heterocycles. The Morgan fingerprint density at radius 1 is 0.287 bits per heavy atom. The molecule has 374 valence electrons. The highest BCUT2D eigenvalue weighted by Gasteiger charge is 2.22. The molecule has 0 amide bonds. The van der Waals surface area contributed by atoms with Crippen LogP contribution in [0.25, 0.3) is 171 Å². The Labute approximate surface area is 485 Å². The van der Waals surface area contributed by atoms with Gasteiger partial charge in [-0.25, -0.2) is 0 Å². The van der Waals surface area contributed by atoms with Crippen molar-refractivity contribution in [1.29, 1.82) is 0 Å². The van der Waals surface area contributed by atoms with E-state index in [9.17, 15) is 0 Å². The van der Waals surface area contributed by atoms with Crippen molar-refractivity contribution in [3.05, 3.63) is 239 Å². The van der Waals surface area contributed by atoms with Gasteiger partial charge in [0.05, 0.1) is 22.1 Å². The highest BCUT2D eigenvalue weighted by atomic mass is 79.9. The second-order valence-corrected chi connectivity index (χ2v) is 25.9. The summed E-state index contributed by atoms with van der Waals surface area (Å²) < 4.78 is 21.2. The molecular formula is C72H38Br2N2OS3. The van der Waals surface area contributed by atoms with Gasteiger partial charge in [-0.2, -0.15) is 0 Å². The zero-order chi connectivity index (χ0) is 52.5. The molecule has 6 heterocycles. The van der Waals surface area contributed by atoms with Crippen LogP contribution in [0.15, 0.2) is 244 Å². The van der Waals surface area contributed by atoms with Gasteiger partial charge in [0.2, 0.25) is 0 Å². The first-order chi connectivity index (χ1) is 39.4. The van der Waals surface area contributed by atoms with E-state index in [0.717, 1.165) is 53.4 Å².